The Bertz CT molecular complexity index is 724. The fourth-order valence-corrected chi connectivity index (χ4v) is 3.73. The van der Waals surface area contributed by atoms with E-state index < -0.39 is 0 Å². The number of morpholine rings is 1. The molecule has 0 aromatic carbocycles. The van der Waals surface area contributed by atoms with Crippen LogP contribution in [0.2, 0.25) is 0 Å². The Morgan fingerprint density at radius 2 is 1.73 bits per heavy atom. The van der Waals surface area contributed by atoms with Crippen LogP contribution in [0.3, 0.4) is 0 Å². The number of imide groups is 1. The van der Waals surface area contributed by atoms with Crippen LogP contribution in [-0.2, 0) is 4.74 Å². The summed E-state index contributed by atoms with van der Waals surface area (Å²) in [5.74, 6) is 0.228. The van der Waals surface area contributed by atoms with Crippen molar-refractivity contribution in [2.45, 2.75) is 6.92 Å². The van der Waals surface area contributed by atoms with Gasteiger partial charge in [0.1, 0.15) is 5.82 Å². The number of aromatic nitrogens is 1. The highest BCUT2D eigenvalue weighted by Crippen LogP contribution is 2.31. The third-order valence-corrected chi connectivity index (χ3v) is 5.31. The van der Waals surface area contributed by atoms with Crippen LogP contribution >= 0.6 is 0 Å². The van der Waals surface area contributed by atoms with Crippen LogP contribution in [0.5, 0.6) is 0 Å². The highest BCUT2D eigenvalue weighted by atomic mass is 16.5. The minimum atomic E-state index is -0.224. The molecule has 2 fully saturated rings. The van der Waals surface area contributed by atoms with Gasteiger partial charge in [-0.25, -0.2) is 4.98 Å². The molecule has 1 aromatic heterocycles. The Morgan fingerprint density at radius 3 is 2.42 bits per heavy atom. The molecule has 3 aliphatic rings. The van der Waals surface area contributed by atoms with Crippen LogP contribution in [0.1, 0.15) is 26.4 Å². The zero-order valence-electron chi connectivity index (χ0n) is 15.4. The Labute approximate surface area is 153 Å². The van der Waals surface area contributed by atoms with Gasteiger partial charge in [0.25, 0.3) is 11.8 Å². The second-order valence-corrected chi connectivity index (χ2v) is 7.21. The summed E-state index contributed by atoms with van der Waals surface area (Å²) < 4.78 is 5.35. The van der Waals surface area contributed by atoms with E-state index in [0.717, 1.165) is 45.0 Å². The number of aryl methyl sites for hydroxylation is 1. The molecule has 8 heteroatoms. The van der Waals surface area contributed by atoms with Gasteiger partial charge in [0.05, 0.1) is 31.0 Å². The highest BCUT2D eigenvalue weighted by Gasteiger charge is 2.40. The first-order valence-corrected chi connectivity index (χ1v) is 9.16. The van der Waals surface area contributed by atoms with E-state index in [0.29, 0.717) is 36.8 Å². The topological polar surface area (TPSA) is 69.2 Å². The summed E-state index contributed by atoms with van der Waals surface area (Å²) in [7, 11) is 2.09. The Hall–Kier alpha value is -2.03. The number of carbonyl (C=O) groups excluding carboxylic acids is 2. The molecule has 0 N–H and O–H groups in total. The number of pyridine rings is 1. The minimum Gasteiger partial charge on any atom is -0.379 e. The molecule has 3 aliphatic heterocycles. The fourth-order valence-electron chi connectivity index (χ4n) is 3.73. The van der Waals surface area contributed by atoms with E-state index in [1.54, 1.807) is 6.07 Å². The molecule has 4 heterocycles. The quantitative estimate of drug-likeness (QED) is 0.705. The largest absolute Gasteiger partial charge is 0.379 e. The van der Waals surface area contributed by atoms with E-state index in [-0.39, 0.29) is 11.8 Å². The number of fused-ring (bicyclic) bond motifs is 1. The van der Waals surface area contributed by atoms with E-state index in [1.165, 1.54) is 4.90 Å². The van der Waals surface area contributed by atoms with Gasteiger partial charge in [0.15, 0.2) is 0 Å². The molecule has 0 saturated carbocycles. The van der Waals surface area contributed by atoms with Crippen molar-refractivity contribution < 1.29 is 14.3 Å². The van der Waals surface area contributed by atoms with Crippen molar-refractivity contribution in [3.05, 3.63) is 22.9 Å². The first-order valence-electron chi connectivity index (χ1n) is 9.16. The van der Waals surface area contributed by atoms with Crippen LogP contribution in [0.4, 0.5) is 5.82 Å². The molecular formula is C18H25N5O3. The molecule has 0 radical (unpaired) electrons. The first kappa shape index (κ1) is 17.4. The van der Waals surface area contributed by atoms with E-state index in [1.807, 2.05) is 6.92 Å². The number of piperazine rings is 1. The number of hydrogen-bond donors (Lipinski definition) is 0. The lowest BCUT2D eigenvalue weighted by Crippen LogP contribution is -2.46. The third-order valence-electron chi connectivity index (χ3n) is 5.31. The number of ether oxygens (including phenoxy) is 1. The second kappa shape index (κ2) is 6.94. The minimum absolute atomic E-state index is 0.211. The molecule has 0 atom stereocenters. The van der Waals surface area contributed by atoms with Crippen molar-refractivity contribution in [1.82, 2.24) is 19.7 Å². The average molecular weight is 359 g/mol. The molecule has 140 valence electrons. The normalized spacial score (nSPS) is 22.2. The number of amides is 2. The lowest BCUT2D eigenvalue weighted by atomic mass is 10.1. The van der Waals surface area contributed by atoms with E-state index in [4.69, 9.17) is 4.74 Å². The number of rotatable bonds is 3. The zero-order valence-corrected chi connectivity index (χ0v) is 15.4. The van der Waals surface area contributed by atoms with Crippen LogP contribution in [0.15, 0.2) is 6.07 Å². The molecule has 4 rings (SSSR count). The zero-order chi connectivity index (χ0) is 18.3. The number of carbonyl (C=O) groups is 2. The van der Waals surface area contributed by atoms with Gasteiger partial charge in [-0.2, -0.15) is 0 Å². The van der Waals surface area contributed by atoms with Crippen LogP contribution < -0.4 is 4.90 Å². The summed E-state index contributed by atoms with van der Waals surface area (Å²) in [5.41, 5.74) is 1.73. The predicted molar refractivity (Wildman–Crippen MR) is 96.4 cm³/mol. The summed E-state index contributed by atoms with van der Waals surface area (Å²) in [6.07, 6.45) is 0. The van der Waals surface area contributed by atoms with Crippen molar-refractivity contribution in [2.75, 3.05) is 71.1 Å². The third kappa shape index (κ3) is 3.08. The standard InChI is InChI=1S/C18H25N5O3/c1-13-11-14-15(16(19-13)22-5-3-20(2)4-6-22)18(25)23(17(14)24)12-21-7-9-26-10-8-21/h11H,3-10,12H2,1-2H3. The number of anilines is 1. The van der Waals surface area contributed by atoms with Gasteiger partial charge >= 0.3 is 0 Å². The number of nitrogens with zero attached hydrogens (tertiary/aromatic N) is 5. The monoisotopic (exact) mass is 359 g/mol. The second-order valence-electron chi connectivity index (χ2n) is 7.21. The number of likely N-dealkylation sites (N-methyl/N-ethyl adjacent to an activating group) is 1. The van der Waals surface area contributed by atoms with Gasteiger partial charge in [0.2, 0.25) is 0 Å². The first-order chi connectivity index (χ1) is 12.5. The molecule has 0 spiro atoms. The molecule has 0 aliphatic carbocycles. The van der Waals surface area contributed by atoms with Crippen molar-refractivity contribution >= 4 is 17.6 Å². The van der Waals surface area contributed by atoms with Gasteiger partial charge in [-0.1, -0.05) is 0 Å². The van der Waals surface area contributed by atoms with Gasteiger partial charge < -0.3 is 14.5 Å². The smallest absolute Gasteiger partial charge is 0.266 e. The van der Waals surface area contributed by atoms with Crippen molar-refractivity contribution in [2.24, 2.45) is 0 Å². The lowest BCUT2D eigenvalue weighted by Gasteiger charge is -2.34. The summed E-state index contributed by atoms with van der Waals surface area (Å²) in [5, 5.41) is 0. The highest BCUT2D eigenvalue weighted by molar-refractivity contribution is 6.23. The summed E-state index contributed by atoms with van der Waals surface area (Å²) in [6, 6.07) is 1.74. The molecule has 26 heavy (non-hydrogen) atoms. The summed E-state index contributed by atoms with van der Waals surface area (Å²) >= 11 is 0. The van der Waals surface area contributed by atoms with E-state index >= 15 is 0 Å². The average Bonchev–Trinajstić information content (AvgIpc) is 2.87. The van der Waals surface area contributed by atoms with E-state index in [2.05, 4.69) is 26.7 Å². The maximum Gasteiger partial charge on any atom is 0.266 e. The van der Waals surface area contributed by atoms with E-state index in [9.17, 15) is 9.59 Å². The molecule has 2 saturated heterocycles. The van der Waals surface area contributed by atoms with Crippen LogP contribution in [-0.4, -0.2) is 97.7 Å². The fraction of sp³-hybridized carbons (Fsp3) is 0.611. The molecular weight excluding hydrogens is 334 g/mol. The molecule has 1 aromatic rings. The van der Waals surface area contributed by atoms with Crippen LogP contribution in [0.25, 0.3) is 0 Å². The summed E-state index contributed by atoms with van der Waals surface area (Å²) in [4.78, 5) is 38.5. The molecule has 2 amide bonds. The Kier molecular flexibility index (Phi) is 4.64. The summed E-state index contributed by atoms with van der Waals surface area (Å²) in [6.45, 7) is 8.39. The Morgan fingerprint density at radius 1 is 1.04 bits per heavy atom. The van der Waals surface area contributed by atoms with Crippen molar-refractivity contribution in [3.8, 4) is 0 Å². The molecule has 8 nitrogen and oxygen atoms in total. The lowest BCUT2D eigenvalue weighted by molar-refractivity contribution is 0.0124. The van der Waals surface area contributed by atoms with Crippen LogP contribution in [0, 0.1) is 6.92 Å². The molecule has 0 unspecified atom stereocenters. The van der Waals surface area contributed by atoms with Gasteiger partial charge in [-0.15, -0.1) is 0 Å². The SMILES string of the molecule is Cc1cc2c(c(N3CCN(C)CC3)n1)C(=O)N(CN1CCOCC1)C2=O. The van der Waals surface area contributed by atoms with Gasteiger partial charge in [-0.05, 0) is 20.0 Å². The van der Waals surface area contributed by atoms with Crippen molar-refractivity contribution in [1.29, 1.82) is 0 Å². The molecule has 0 bridgehead atoms. The maximum absolute atomic E-state index is 13.1. The number of hydrogen-bond acceptors (Lipinski definition) is 7. The van der Waals surface area contributed by atoms with Gasteiger partial charge in [0, 0.05) is 45.0 Å². The maximum atomic E-state index is 13.1. The predicted octanol–water partition coefficient (Wildman–Crippen LogP) is 0.0275. The van der Waals surface area contributed by atoms with Gasteiger partial charge in [-0.3, -0.25) is 19.4 Å². The van der Waals surface area contributed by atoms with Crippen molar-refractivity contribution in [3.63, 3.8) is 0 Å². The Balaban J connectivity index is 1.63.